The minimum Gasteiger partial charge on any atom is -0.325 e. The summed E-state index contributed by atoms with van der Waals surface area (Å²) in [6.45, 7) is 0. The summed E-state index contributed by atoms with van der Waals surface area (Å²) < 4.78 is 0. The van der Waals surface area contributed by atoms with Crippen molar-refractivity contribution in [3.05, 3.63) is 89.0 Å². The summed E-state index contributed by atoms with van der Waals surface area (Å²) in [7, 11) is 0. The number of aromatic amines is 1. The highest BCUT2D eigenvalue weighted by atomic mass is 16.2. The zero-order valence-corrected chi connectivity index (χ0v) is 18.8. The van der Waals surface area contributed by atoms with E-state index < -0.39 is 5.41 Å². The Balaban J connectivity index is 1.31. The number of anilines is 2. The van der Waals surface area contributed by atoms with Crippen LogP contribution >= 0.6 is 0 Å². The van der Waals surface area contributed by atoms with Crippen LogP contribution in [0.25, 0.3) is 22.0 Å². The van der Waals surface area contributed by atoms with E-state index in [4.69, 9.17) is 6.42 Å². The van der Waals surface area contributed by atoms with Gasteiger partial charge >= 0.3 is 0 Å². The summed E-state index contributed by atoms with van der Waals surface area (Å²) in [5, 5.41) is 6.27. The van der Waals surface area contributed by atoms with Crippen LogP contribution in [-0.4, -0.2) is 21.8 Å². The Bertz CT molecular complexity index is 1540. The molecule has 0 radical (unpaired) electrons. The third-order valence-electron chi connectivity index (χ3n) is 6.48. The molecular weight excluding hydrogens is 440 g/mol. The van der Waals surface area contributed by atoms with Crippen LogP contribution in [0.15, 0.2) is 77.9 Å². The number of terminal acetylenes is 1. The summed E-state index contributed by atoms with van der Waals surface area (Å²) >= 11 is 0. The number of H-pyrrole nitrogens is 1. The van der Waals surface area contributed by atoms with Crippen molar-refractivity contribution in [1.82, 2.24) is 9.97 Å². The normalized spacial score (nSPS) is 13.9. The van der Waals surface area contributed by atoms with E-state index in [2.05, 4.69) is 26.5 Å². The highest BCUT2D eigenvalue weighted by Gasteiger charge is 2.50. The van der Waals surface area contributed by atoms with Gasteiger partial charge in [-0.25, -0.2) is 4.98 Å². The molecule has 7 nitrogen and oxygen atoms in total. The van der Waals surface area contributed by atoms with E-state index in [9.17, 15) is 14.4 Å². The van der Waals surface area contributed by atoms with Gasteiger partial charge in [0.05, 0.1) is 17.2 Å². The maximum absolute atomic E-state index is 13.2. The van der Waals surface area contributed by atoms with E-state index in [1.165, 1.54) is 6.33 Å². The number of aromatic nitrogens is 2. The molecule has 2 amide bonds. The third-order valence-corrected chi connectivity index (χ3v) is 6.48. The third kappa shape index (κ3) is 4.18. The molecule has 1 aromatic heterocycles. The lowest BCUT2D eigenvalue weighted by atomic mass is 9.67. The maximum atomic E-state index is 13.2. The molecule has 4 aromatic rings. The second-order valence-electron chi connectivity index (χ2n) is 8.61. The van der Waals surface area contributed by atoms with Gasteiger partial charge in [-0.15, -0.1) is 6.42 Å². The molecule has 1 aliphatic carbocycles. The molecular formula is C28H22N4O3. The topological polar surface area (TPSA) is 104 Å². The van der Waals surface area contributed by atoms with Gasteiger partial charge in [0.2, 0.25) is 11.8 Å². The number of carbonyl (C=O) groups is 2. The predicted octanol–water partition coefficient (Wildman–Crippen LogP) is 4.32. The molecule has 7 heteroatoms. The van der Waals surface area contributed by atoms with Gasteiger partial charge in [-0.1, -0.05) is 36.6 Å². The maximum Gasteiger partial charge on any atom is 0.258 e. The molecule has 1 fully saturated rings. The Hall–Kier alpha value is -4.70. The summed E-state index contributed by atoms with van der Waals surface area (Å²) in [4.78, 5) is 44.9. The number of nitrogens with one attached hydrogen (secondary N) is 3. The fourth-order valence-electron chi connectivity index (χ4n) is 4.27. The molecule has 5 rings (SSSR count). The van der Waals surface area contributed by atoms with Crippen LogP contribution < -0.4 is 16.2 Å². The SMILES string of the molecule is C#Cc1cccc(NC(=O)C2(C(=O)Nc3ccc(-c4ccc5c(=O)[nH]cnc5c4)cc3)CCC2)c1. The number of hydrogen-bond acceptors (Lipinski definition) is 4. The van der Waals surface area contributed by atoms with Gasteiger partial charge in [-0.3, -0.25) is 14.4 Å². The number of amides is 2. The van der Waals surface area contributed by atoms with Crippen molar-refractivity contribution < 1.29 is 9.59 Å². The molecule has 0 unspecified atom stereocenters. The highest BCUT2D eigenvalue weighted by molar-refractivity contribution is 6.15. The lowest BCUT2D eigenvalue weighted by Crippen LogP contribution is -2.50. The zero-order chi connectivity index (χ0) is 24.4. The monoisotopic (exact) mass is 462 g/mol. The molecule has 1 heterocycles. The lowest BCUT2D eigenvalue weighted by Gasteiger charge is -2.38. The minimum atomic E-state index is -1.11. The second-order valence-corrected chi connectivity index (χ2v) is 8.61. The molecule has 0 atom stereocenters. The van der Waals surface area contributed by atoms with Gasteiger partial charge < -0.3 is 15.6 Å². The Labute approximate surface area is 201 Å². The second kappa shape index (κ2) is 8.92. The summed E-state index contributed by atoms with van der Waals surface area (Å²) in [6.07, 6.45) is 8.60. The summed E-state index contributed by atoms with van der Waals surface area (Å²) in [6, 6.07) is 19.8. The zero-order valence-electron chi connectivity index (χ0n) is 18.8. The highest BCUT2D eigenvalue weighted by Crippen LogP contribution is 2.43. The van der Waals surface area contributed by atoms with Crippen molar-refractivity contribution >= 4 is 34.1 Å². The molecule has 0 bridgehead atoms. The quantitative estimate of drug-likeness (QED) is 0.304. The summed E-state index contributed by atoms with van der Waals surface area (Å²) in [5.74, 6) is 1.89. The van der Waals surface area contributed by atoms with Crippen molar-refractivity contribution in [2.45, 2.75) is 19.3 Å². The number of carbonyl (C=O) groups excluding carboxylic acids is 2. The Morgan fingerprint density at radius 1 is 0.914 bits per heavy atom. The van der Waals surface area contributed by atoms with Gasteiger partial charge in [-0.2, -0.15) is 0 Å². The van der Waals surface area contributed by atoms with Crippen LogP contribution in [0.4, 0.5) is 11.4 Å². The molecule has 3 aromatic carbocycles. The molecule has 0 spiro atoms. The van der Waals surface area contributed by atoms with Gasteiger partial charge in [0.15, 0.2) is 0 Å². The van der Waals surface area contributed by atoms with Crippen LogP contribution in [0, 0.1) is 17.8 Å². The van der Waals surface area contributed by atoms with Crippen LogP contribution in [0.2, 0.25) is 0 Å². The first kappa shape index (κ1) is 22.1. The minimum absolute atomic E-state index is 0.183. The van der Waals surface area contributed by atoms with Crippen molar-refractivity contribution in [2.24, 2.45) is 5.41 Å². The standard InChI is InChI=1S/C28H22N4O3/c1-2-18-5-3-6-22(15-18)32-27(35)28(13-4-14-28)26(34)31-21-10-7-19(8-11-21)20-9-12-23-24(16-20)29-17-30-25(23)33/h1,3,5-12,15-17H,4,13-14H2,(H,31,34)(H,32,35)(H,29,30,33). The van der Waals surface area contributed by atoms with Gasteiger partial charge in [-0.05, 0) is 66.4 Å². The molecule has 35 heavy (non-hydrogen) atoms. The first-order valence-corrected chi connectivity index (χ1v) is 11.3. The Morgan fingerprint density at radius 2 is 1.63 bits per heavy atom. The number of hydrogen-bond donors (Lipinski definition) is 3. The fraction of sp³-hybridized carbons (Fsp3) is 0.143. The predicted molar refractivity (Wildman–Crippen MR) is 136 cm³/mol. The average molecular weight is 463 g/mol. The van der Waals surface area contributed by atoms with Crippen molar-refractivity contribution in [3.8, 4) is 23.5 Å². The number of fused-ring (bicyclic) bond motifs is 1. The van der Waals surface area contributed by atoms with Crippen molar-refractivity contribution in [3.63, 3.8) is 0 Å². The van der Waals surface area contributed by atoms with Gasteiger partial charge in [0, 0.05) is 16.9 Å². The lowest BCUT2D eigenvalue weighted by molar-refractivity contribution is -0.142. The Kier molecular flexibility index (Phi) is 5.63. The van der Waals surface area contributed by atoms with Crippen molar-refractivity contribution in [1.29, 1.82) is 0 Å². The van der Waals surface area contributed by atoms with E-state index in [0.717, 1.165) is 17.5 Å². The van der Waals surface area contributed by atoms with E-state index in [1.807, 2.05) is 24.3 Å². The first-order valence-electron chi connectivity index (χ1n) is 11.3. The van der Waals surface area contributed by atoms with E-state index in [-0.39, 0.29) is 17.4 Å². The van der Waals surface area contributed by atoms with Crippen LogP contribution in [0.1, 0.15) is 24.8 Å². The fourth-order valence-corrected chi connectivity index (χ4v) is 4.27. The molecule has 172 valence electrons. The van der Waals surface area contributed by atoms with Crippen molar-refractivity contribution in [2.75, 3.05) is 10.6 Å². The number of benzene rings is 3. The molecule has 1 aliphatic rings. The number of rotatable bonds is 5. The van der Waals surface area contributed by atoms with E-state index in [1.54, 1.807) is 42.5 Å². The molecule has 0 saturated heterocycles. The smallest absolute Gasteiger partial charge is 0.258 e. The van der Waals surface area contributed by atoms with Crippen LogP contribution in [-0.2, 0) is 9.59 Å². The van der Waals surface area contributed by atoms with Gasteiger partial charge in [0.25, 0.3) is 5.56 Å². The first-order chi connectivity index (χ1) is 17.0. The molecule has 0 aliphatic heterocycles. The largest absolute Gasteiger partial charge is 0.325 e. The molecule has 1 saturated carbocycles. The average Bonchev–Trinajstić information content (AvgIpc) is 2.84. The van der Waals surface area contributed by atoms with Gasteiger partial charge in [0.1, 0.15) is 5.41 Å². The molecule has 3 N–H and O–H groups in total. The van der Waals surface area contributed by atoms with E-state index >= 15 is 0 Å². The summed E-state index contributed by atoms with van der Waals surface area (Å²) in [5.41, 5.74) is 2.95. The van der Waals surface area contributed by atoms with E-state index in [0.29, 0.717) is 40.7 Å². The number of nitrogens with zero attached hydrogens (tertiary/aromatic N) is 1. The van der Waals surface area contributed by atoms with Crippen LogP contribution in [0.5, 0.6) is 0 Å². The van der Waals surface area contributed by atoms with Crippen LogP contribution in [0.3, 0.4) is 0 Å². The Morgan fingerprint density at radius 3 is 2.31 bits per heavy atom.